The second-order valence-electron chi connectivity index (χ2n) is 7.51. The fourth-order valence-electron chi connectivity index (χ4n) is 3.54. The molecule has 0 spiro atoms. The van der Waals surface area contributed by atoms with E-state index in [1.165, 1.54) is 6.42 Å². The van der Waals surface area contributed by atoms with E-state index in [0.717, 1.165) is 42.9 Å². The number of rotatable bonds is 9. The van der Waals surface area contributed by atoms with Gasteiger partial charge < -0.3 is 26.0 Å². The molecule has 2 amide bonds. The molecule has 1 saturated heterocycles. The van der Waals surface area contributed by atoms with Crippen LogP contribution in [0, 0.1) is 6.92 Å². The van der Waals surface area contributed by atoms with Crippen molar-refractivity contribution in [2.45, 2.75) is 26.2 Å². The van der Waals surface area contributed by atoms with Crippen LogP contribution in [0.1, 0.15) is 35.2 Å². The monoisotopic (exact) mass is 410 g/mol. The Morgan fingerprint density at radius 1 is 1.10 bits per heavy atom. The lowest BCUT2D eigenvalue weighted by Crippen LogP contribution is -2.33. The summed E-state index contributed by atoms with van der Waals surface area (Å²) in [4.78, 5) is 26.3. The molecule has 2 aromatic rings. The van der Waals surface area contributed by atoms with Gasteiger partial charge in [-0.05, 0) is 62.1 Å². The molecule has 0 atom stereocenters. The van der Waals surface area contributed by atoms with Gasteiger partial charge in [-0.15, -0.1) is 0 Å². The minimum Gasteiger partial charge on any atom is -0.492 e. The van der Waals surface area contributed by atoms with E-state index in [2.05, 4.69) is 15.5 Å². The largest absolute Gasteiger partial charge is 0.492 e. The maximum atomic E-state index is 12.1. The zero-order valence-corrected chi connectivity index (χ0v) is 17.4. The molecule has 0 aliphatic carbocycles. The molecule has 1 aliphatic heterocycles. The molecule has 160 valence electrons. The van der Waals surface area contributed by atoms with Gasteiger partial charge in [0.25, 0.3) is 5.91 Å². The molecule has 0 bridgehead atoms. The fraction of sp³-hybridized carbons (Fsp3) is 0.391. The number of primary amides is 1. The molecule has 1 aliphatic rings. The summed E-state index contributed by atoms with van der Waals surface area (Å²) in [7, 11) is 0. The number of amides is 2. The van der Waals surface area contributed by atoms with Crippen molar-refractivity contribution in [2.75, 3.05) is 43.0 Å². The normalized spacial score (nSPS) is 13.6. The van der Waals surface area contributed by atoms with Crippen molar-refractivity contribution in [1.82, 2.24) is 5.32 Å². The lowest BCUT2D eigenvalue weighted by atomic mass is 10.1. The Morgan fingerprint density at radius 3 is 2.63 bits per heavy atom. The second kappa shape index (κ2) is 10.5. The van der Waals surface area contributed by atoms with Gasteiger partial charge in [0, 0.05) is 24.5 Å². The molecule has 1 heterocycles. The summed E-state index contributed by atoms with van der Waals surface area (Å²) in [5.74, 6) is 0.0870. The van der Waals surface area contributed by atoms with Gasteiger partial charge in [-0.3, -0.25) is 9.59 Å². The number of ether oxygens (including phenoxy) is 1. The number of aryl methyl sites for hydroxylation is 1. The third kappa shape index (κ3) is 6.14. The summed E-state index contributed by atoms with van der Waals surface area (Å²) in [5, 5.41) is 5.82. The Kier molecular flexibility index (Phi) is 7.54. The molecule has 7 heteroatoms. The van der Waals surface area contributed by atoms with E-state index in [1.807, 2.05) is 49.4 Å². The Balaban J connectivity index is 1.48. The summed E-state index contributed by atoms with van der Waals surface area (Å²) in [5.41, 5.74) is 8.65. The lowest BCUT2D eigenvalue weighted by molar-refractivity contribution is -0.119. The van der Waals surface area contributed by atoms with Crippen molar-refractivity contribution >= 4 is 23.2 Å². The van der Waals surface area contributed by atoms with Gasteiger partial charge in [0.2, 0.25) is 5.91 Å². The standard InChI is InChI=1S/C23H30N4O3/c1-17-6-5-7-19(14-17)30-13-10-25-22(28)16-26-21-9-8-18(15-20(21)23(24)29)27-11-3-2-4-12-27/h5-9,14-15,26H,2-4,10-13,16H2,1H3,(H2,24,29)(H,25,28). The third-order valence-corrected chi connectivity index (χ3v) is 5.11. The average Bonchev–Trinajstić information content (AvgIpc) is 2.76. The molecule has 0 saturated carbocycles. The second-order valence-corrected chi connectivity index (χ2v) is 7.51. The van der Waals surface area contributed by atoms with Crippen molar-refractivity contribution in [2.24, 2.45) is 5.73 Å². The fourth-order valence-corrected chi connectivity index (χ4v) is 3.54. The minimum atomic E-state index is -0.511. The number of carbonyl (C=O) groups is 2. The van der Waals surface area contributed by atoms with Gasteiger partial charge >= 0.3 is 0 Å². The molecule has 3 rings (SSSR count). The molecule has 7 nitrogen and oxygen atoms in total. The number of hydrogen-bond acceptors (Lipinski definition) is 5. The number of anilines is 2. The molecular weight excluding hydrogens is 380 g/mol. The maximum absolute atomic E-state index is 12.1. The smallest absolute Gasteiger partial charge is 0.250 e. The van der Waals surface area contributed by atoms with Crippen molar-refractivity contribution in [3.63, 3.8) is 0 Å². The Labute approximate surface area is 177 Å². The van der Waals surface area contributed by atoms with Gasteiger partial charge in [-0.2, -0.15) is 0 Å². The number of benzene rings is 2. The third-order valence-electron chi connectivity index (χ3n) is 5.11. The van der Waals surface area contributed by atoms with Gasteiger partial charge in [0.15, 0.2) is 0 Å². The highest BCUT2D eigenvalue weighted by molar-refractivity contribution is 6.00. The first-order valence-corrected chi connectivity index (χ1v) is 10.4. The van der Waals surface area contributed by atoms with Gasteiger partial charge in [-0.1, -0.05) is 12.1 Å². The summed E-state index contributed by atoms with van der Waals surface area (Å²) in [6.45, 7) is 4.79. The molecule has 1 fully saturated rings. The van der Waals surface area contributed by atoms with Crippen LogP contribution < -0.4 is 26.0 Å². The van der Waals surface area contributed by atoms with Crippen LogP contribution >= 0.6 is 0 Å². The molecule has 0 radical (unpaired) electrons. The Morgan fingerprint density at radius 2 is 1.90 bits per heavy atom. The van der Waals surface area contributed by atoms with Crippen LogP contribution in [0.5, 0.6) is 5.75 Å². The number of nitrogens with two attached hydrogens (primary N) is 1. The molecule has 0 aromatic heterocycles. The van der Waals surface area contributed by atoms with Gasteiger partial charge in [0.05, 0.1) is 18.7 Å². The van der Waals surface area contributed by atoms with E-state index >= 15 is 0 Å². The average molecular weight is 411 g/mol. The quantitative estimate of drug-likeness (QED) is 0.553. The molecular formula is C23H30N4O3. The zero-order valence-electron chi connectivity index (χ0n) is 17.4. The highest BCUT2D eigenvalue weighted by atomic mass is 16.5. The molecule has 4 N–H and O–H groups in total. The number of piperidine rings is 1. The first kappa shape index (κ1) is 21.5. The highest BCUT2D eigenvalue weighted by Gasteiger charge is 2.15. The Bertz CT molecular complexity index is 879. The van der Waals surface area contributed by atoms with E-state index < -0.39 is 5.91 Å². The van der Waals surface area contributed by atoms with E-state index in [0.29, 0.717) is 24.4 Å². The summed E-state index contributed by atoms with van der Waals surface area (Å²) in [6.07, 6.45) is 3.54. The highest BCUT2D eigenvalue weighted by Crippen LogP contribution is 2.25. The number of nitrogens with zero attached hydrogens (tertiary/aromatic N) is 1. The van der Waals surface area contributed by atoms with E-state index in [-0.39, 0.29) is 12.5 Å². The maximum Gasteiger partial charge on any atom is 0.250 e. The molecule has 2 aromatic carbocycles. The summed E-state index contributed by atoms with van der Waals surface area (Å²) >= 11 is 0. The van der Waals surface area contributed by atoms with Gasteiger partial charge in [-0.25, -0.2) is 0 Å². The van der Waals surface area contributed by atoms with Crippen molar-refractivity contribution < 1.29 is 14.3 Å². The van der Waals surface area contributed by atoms with Crippen LogP contribution in [0.2, 0.25) is 0 Å². The molecule has 0 unspecified atom stereocenters. The zero-order chi connectivity index (χ0) is 21.3. The van der Waals surface area contributed by atoms with E-state index in [1.54, 1.807) is 0 Å². The van der Waals surface area contributed by atoms with Crippen LogP contribution in [0.3, 0.4) is 0 Å². The number of hydrogen-bond donors (Lipinski definition) is 3. The molecule has 30 heavy (non-hydrogen) atoms. The van der Waals surface area contributed by atoms with Crippen LogP contribution in [0.4, 0.5) is 11.4 Å². The summed E-state index contributed by atoms with van der Waals surface area (Å²) < 4.78 is 5.62. The predicted molar refractivity (Wildman–Crippen MR) is 119 cm³/mol. The van der Waals surface area contributed by atoms with Crippen LogP contribution in [0.15, 0.2) is 42.5 Å². The van der Waals surface area contributed by atoms with Crippen molar-refractivity contribution in [3.8, 4) is 5.75 Å². The number of nitrogens with one attached hydrogen (secondary N) is 2. The van der Waals surface area contributed by atoms with Crippen LogP contribution in [0.25, 0.3) is 0 Å². The van der Waals surface area contributed by atoms with Gasteiger partial charge in [0.1, 0.15) is 12.4 Å². The first-order chi connectivity index (χ1) is 14.5. The lowest BCUT2D eigenvalue weighted by Gasteiger charge is -2.29. The summed E-state index contributed by atoms with van der Waals surface area (Å²) in [6, 6.07) is 13.4. The predicted octanol–water partition coefficient (Wildman–Crippen LogP) is 2.69. The van der Waals surface area contributed by atoms with Crippen LogP contribution in [-0.2, 0) is 4.79 Å². The van der Waals surface area contributed by atoms with Crippen LogP contribution in [-0.4, -0.2) is 44.6 Å². The first-order valence-electron chi connectivity index (χ1n) is 10.4. The number of carbonyl (C=O) groups excluding carboxylic acids is 2. The van der Waals surface area contributed by atoms with Crippen molar-refractivity contribution in [3.05, 3.63) is 53.6 Å². The Hall–Kier alpha value is -3.22. The topological polar surface area (TPSA) is 96.7 Å². The van der Waals surface area contributed by atoms with E-state index in [4.69, 9.17) is 10.5 Å². The SMILES string of the molecule is Cc1cccc(OCCNC(=O)CNc2ccc(N3CCCCC3)cc2C(N)=O)c1. The minimum absolute atomic E-state index is 0.0494. The van der Waals surface area contributed by atoms with Crippen molar-refractivity contribution in [1.29, 1.82) is 0 Å². The van der Waals surface area contributed by atoms with E-state index in [9.17, 15) is 9.59 Å².